The maximum Gasteiger partial charge on any atom is 0.140 e. The molecule has 2 saturated carbocycles. The Labute approximate surface area is 49.1 Å². The van der Waals surface area contributed by atoms with Gasteiger partial charge in [0.15, 0.2) is 0 Å². The van der Waals surface area contributed by atoms with E-state index in [-0.39, 0.29) is 0 Å². The van der Waals surface area contributed by atoms with E-state index in [1.807, 2.05) is 0 Å². The fraction of sp³-hybridized carbons (Fsp3) is 0.857. The van der Waals surface area contributed by atoms with Crippen molar-refractivity contribution in [1.29, 1.82) is 0 Å². The molecule has 0 aromatic rings. The molecule has 2 fully saturated rings. The second-order valence-corrected chi connectivity index (χ2v) is 2.90. The summed E-state index contributed by atoms with van der Waals surface area (Å²) in [6.07, 6.45) is 4.99. The molecule has 44 valence electrons. The van der Waals surface area contributed by atoms with Crippen LogP contribution in [0.4, 0.5) is 0 Å². The van der Waals surface area contributed by atoms with Crippen molar-refractivity contribution in [1.82, 2.24) is 0 Å². The largest absolute Gasteiger partial charge is 0.299 e. The van der Waals surface area contributed by atoms with E-state index in [4.69, 9.17) is 0 Å². The van der Waals surface area contributed by atoms with Crippen LogP contribution >= 0.6 is 0 Å². The van der Waals surface area contributed by atoms with Crippen molar-refractivity contribution < 1.29 is 4.79 Å². The molecular weight excluding hydrogens is 100 g/mol. The van der Waals surface area contributed by atoms with E-state index in [0.29, 0.717) is 17.6 Å². The van der Waals surface area contributed by atoms with Crippen LogP contribution in [-0.4, -0.2) is 5.78 Å². The molecule has 0 spiro atoms. The minimum atomic E-state index is 0.531. The van der Waals surface area contributed by atoms with Gasteiger partial charge >= 0.3 is 0 Å². The van der Waals surface area contributed by atoms with Crippen LogP contribution < -0.4 is 0 Å². The van der Waals surface area contributed by atoms with Gasteiger partial charge in [-0.05, 0) is 12.8 Å². The molecule has 2 aliphatic rings. The van der Waals surface area contributed by atoms with E-state index >= 15 is 0 Å². The molecule has 0 aromatic carbocycles. The Kier molecular flexibility index (Phi) is 0.758. The normalized spacial score (nSPS) is 43.8. The highest BCUT2D eigenvalue weighted by molar-refractivity contribution is 5.99. The third-order valence-electron chi connectivity index (χ3n) is 2.39. The van der Waals surface area contributed by atoms with E-state index in [0.717, 1.165) is 0 Å². The van der Waals surface area contributed by atoms with Crippen LogP contribution in [-0.2, 0) is 4.79 Å². The van der Waals surface area contributed by atoms with Crippen molar-refractivity contribution in [2.75, 3.05) is 0 Å². The lowest BCUT2D eigenvalue weighted by Gasteiger charge is -2.02. The van der Waals surface area contributed by atoms with E-state index in [9.17, 15) is 4.79 Å². The lowest BCUT2D eigenvalue weighted by Crippen LogP contribution is -1.91. The summed E-state index contributed by atoms with van der Waals surface area (Å²) >= 11 is 0. The number of hydrogen-bond donors (Lipinski definition) is 0. The Bertz CT molecular complexity index is 114. The fourth-order valence-electron chi connectivity index (χ4n) is 1.77. The Morgan fingerprint density at radius 2 is 1.62 bits per heavy atom. The minimum Gasteiger partial charge on any atom is -0.299 e. The monoisotopic (exact) mass is 110 g/mol. The Morgan fingerprint density at radius 1 is 1.12 bits per heavy atom. The van der Waals surface area contributed by atoms with Gasteiger partial charge in [-0.2, -0.15) is 0 Å². The summed E-state index contributed by atoms with van der Waals surface area (Å²) in [5.41, 5.74) is 0. The summed E-state index contributed by atoms with van der Waals surface area (Å²) in [5, 5.41) is 0. The third kappa shape index (κ3) is 0.445. The molecular formula is C7H10O. The Balaban J connectivity index is 2.07. The zero-order chi connectivity index (χ0) is 5.56. The molecule has 8 heavy (non-hydrogen) atoms. The van der Waals surface area contributed by atoms with Gasteiger partial charge in [-0.15, -0.1) is 0 Å². The summed E-state index contributed by atoms with van der Waals surface area (Å²) < 4.78 is 0. The lowest BCUT2D eigenvalue weighted by atomic mass is 10.0. The number of rotatable bonds is 0. The molecule has 0 heterocycles. The van der Waals surface area contributed by atoms with Crippen molar-refractivity contribution in [2.24, 2.45) is 11.8 Å². The smallest absolute Gasteiger partial charge is 0.140 e. The van der Waals surface area contributed by atoms with E-state index < -0.39 is 0 Å². The van der Waals surface area contributed by atoms with Crippen LogP contribution in [0, 0.1) is 11.8 Å². The van der Waals surface area contributed by atoms with Crippen molar-refractivity contribution in [3.05, 3.63) is 0 Å². The number of ketones is 1. The SMILES string of the molecule is O=C1C2CCCCC12. The van der Waals surface area contributed by atoms with Gasteiger partial charge in [0, 0.05) is 11.8 Å². The zero-order valence-corrected chi connectivity index (χ0v) is 4.89. The Hall–Kier alpha value is -0.330. The molecule has 2 aliphatic carbocycles. The summed E-state index contributed by atoms with van der Waals surface area (Å²) in [6.45, 7) is 0. The van der Waals surface area contributed by atoms with Gasteiger partial charge in [0.05, 0.1) is 0 Å². The maximum atomic E-state index is 10.7. The van der Waals surface area contributed by atoms with Gasteiger partial charge in [-0.25, -0.2) is 0 Å². The fourth-order valence-corrected chi connectivity index (χ4v) is 1.77. The van der Waals surface area contributed by atoms with Crippen LogP contribution in [0.2, 0.25) is 0 Å². The van der Waals surface area contributed by atoms with Crippen molar-refractivity contribution >= 4 is 5.78 Å². The lowest BCUT2D eigenvalue weighted by molar-refractivity contribution is -0.112. The number of fused-ring (bicyclic) bond motifs is 1. The second kappa shape index (κ2) is 1.34. The average Bonchev–Trinajstić information content (AvgIpc) is 2.46. The predicted molar refractivity (Wildman–Crippen MR) is 30.5 cm³/mol. The summed E-state index contributed by atoms with van der Waals surface area (Å²) in [6, 6.07) is 0. The van der Waals surface area contributed by atoms with Crippen molar-refractivity contribution in [3.63, 3.8) is 0 Å². The van der Waals surface area contributed by atoms with Gasteiger partial charge in [0.1, 0.15) is 5.78 Å². The number of carbonyl (C=O) groups excluding carboxylic acids is 1. The molecule has 2 atom stereocenters. The van der Waals surface area contributed by atoms with Crippen molar-refractivity contribution in [2.45, 2.75) is 25.7 Å². The number of hydrogen-bond acceptors (Lipinski definition) is 1. The second-order valence-electron chi connectivity index (χ2n) is 2.90. The zero-order valence-electron chi connectivity index (χ0n) is 4.89. The van der Waals surface area contributed by atoms with Gasteiger partial charge in [0.25, 0.3) is 0 Å². The average molecular weight is 110 g/mol. The number of Topliss-reactive ketones (excluding diaryl/α,β-unsaturated/α-hetero) is 1. The van der Waals surface area contributed by atoms with E-state index in [1.54, 1.807) is 0 Å². The topological polar surface area (TPSA) is 17.1 Å². The summed E-state index contributed by atoms with van der Waals surface area (Å²) in [4.78, 5) is 10.7. The molecule has 0 aromatic heterocycles. The van der Waals surface area contributed by atoms with Crippen LogP contribution in [0.25, 0.3) is 0 Å². The molecule has 2 unspecified atom stereocenters. The van der Waals surface area contributed by atoms with Gasteiger partial charge in [0.2, 0.25) is 0 Å². The Morgan fingerprint density at radius 3 is 2.00 bits per heavy atom. The van der Waals surface area contributed by atoms with Crippen LogP contribution in [0.1, 0.15) is 25.7 Å². The number of carbonyl (C=O) groups is 1. The molecule has 0 amide bonds. The molecule has 0 N–H and O–H groups in total. The highest BCUT2D eigenvalue weighted by atomic mass is 16.1. The highest BCUT2D eigenvalue weighted by Gasteiger charge is 2.49. The van der Waals surface area contributed by atoms with Gasteiger partial charge in [-0.3, -0.25) is 4.79 Å². The van der Waals surface area contributed by atoms with Crippen LogP contribution in [0.15, 0.2) is 0 Å². The quantitative estimate of drug-likeness (QED) is 0.460. The van der Waals surface area contributed by atoms with E-state index in [2.05, 4.69) is 0 Å². The molecule has 0 bridgehead atoms. The molecule has 0 saturated heterocycles. The van der Waals surface area contributed by atoms with Gasteiger partial charge in [-0.1, -0.05) is 12.8 Å². The third-order valence-corrected chi connectivity index (χ3v) is 2.39. The molecule has 0 radical (unpaired) electrons. The molecule has 0 aliphatic heterocycles. The first kappa shape index (κ1) is 4.54. The van der Waals surface area contributed by atoms with Crippen LogP contribution in [0.3, 0.4) is 0 Å². The molecule has 1 nitrogen and oxygen atoms in total. The van der Waals surface area contributed by atoms with E-state index in [1.165, 1.54) is 25.7 Å². The molecule has 1 heteroatoms. The first-order valence-electron chi connectivity index (χ1n) is 3.43. The maximum absolute atomic E-state index is 10.7. The van der Waals surface area contributed by atoms with Gasteiger partial charge < -0.3 is 0 Å². The van der Waals surface area contributed by atoms with Crippen molar-refractivity contribution in [3.8, 4) is 0 Å². The summed E-state index contributed by atoms with van der Waals surface area (Å²) in [7, 11) is 0. The standard InChI is InChI=1S/C7H10O/c8-7-5-3-1-2-4-6(5)7/h5-6H,1-4H2. The van der Waals surface area contributed by atoms with Crippen LogP contribution in [0.5, 0.6) is 0 Å². The predicted octanol–water partition coefficient (Wildman–Crippen LogP) is 1.38. The summed E-state index contributed by atoms with van der Waals surface area (Å²) in [5.74, 6) is 1.62. The first-order valence-corrected chi connectivity index (χ1v) is 3.43. The highest BCUT2D eigenvalue weighted by Crippen LogP contribution is 2.45. The first-order chi connectivity index (χ1) is 3.89. The molecule has 2 rings (SSSR count). The minimum absolute atomic E-state index is 0.531.